The quantitative estimate of drug-likeness (QED) is 0.421. The maximum absolute atomic E-state index is 13.6. The molecule has 35 heavy (non-hydrogen) atoms. The highest BCUT2D eigenvalue weighted by molar-refractivity contribution is 5.95. The summed E-state index contributed by atoms with van der Waals surface area (Å²) in [5.41, 5.74) is 4.01. The number of ether oxygens (including phenoxy) is 4. The van der Waals surface area contributed by atoms with Gasteiger partial charge in [0, 0.05) is 12.1 Å². The minimum Gasteiger partial charge on any atom is -0.497 e. The lowest BCUT2D eigenvalue weighted by Gasteiger charge is -2.37. The van der Waals surface area contributed by atoms with E-state index >= 15 is 0 Å². The fraction of sp³-hybridized carbons (Fsp3) is 0.345. The van der Waals surface area contributed by atoms with Gasteiger partial charge in [0.1, 0.15) is 18.1 Å². The second-order valence-corrected chi connectivity index (χ2v) is 8.93. The first-order valence-electron chi connectivity index (χ1n) is 11.9. The van der Waals surface area contributed by atoms with E-state index in [4.69, 9.17) is 18.9 Å². The second-order valence-electron chi connectivity index (χ2n) is 8.93. The molecule has 0 bridgehead atoms. The summed E-state index contributed by atoms with van der Waals surface area (Å²) in [5.74, 6) is 3.22. The maximum Gasteiger partial charge on any atom is 0.254 e. The Morgan fingerprint density at radius 3 is 2.11 bits per heavy atom. The van der Waals surface area contributed by atoms with Crippen molar-refractivity contribution in [2.24, 2.45) is 0 Å². The molecule has 1 aliphatic rings. The highest BCUT2D eigenvalue weighted by Gasteiger charge is 2.33. The second kappa shape index (κ2) is 10.7. The van der Waals surface area contributed by atoms with Crippen LogP contribution in [0.15, 0.2) is 60.7 Å². The molecule has 6 heteroatoms. The van der Waals surface area contributed by atoms with Gasteiger partial charge in [0.05, 0.1) is 27.4 Å². The number of fused-ring (bicyclic) bond motifs is 1. The van der Waals surface area contributed by atoms with E-state index in [0.717, 1.165) is 23.3 Å². The summed E-state index contributed by atoms with van der Waals surface area (Å²) in [4.78, 5) is 15.5. The van der Waals surface area contributed by atoms with E-state index in [0.29, 0.717) is 41.9 Å². The lowest BCUT2D eigenvalue weighted by molar-refractivity contribution is 0.0589. The van der Waals surface area contributed by atoms with Crippen LogP contribution in [0.3, 0.4) is 0 Å². The van der Waals surface area contributed by atoms with E-state index in [1.807, 2.05) is 29.2 Å². The van der Waals surface area contributed by atoms with Gasteiger partial charge in [-0.05, 0) is 77.6 Å². The minimum atomic E-state index is -0.280. The highest BCUT2D eigenvalue weighted by atomic mass is 16.5. The summed E-state index contributed by atoms with van der Waals surface area (Å²) in [7, 11) is 4.87. The fourth-order valence-electron chi connectivity index (χ4n) is 4.47. The zero-order valence-electron chi connectivity index (χ0n) is 21.0. The molecule has 1 unspecified atom stereocenters. The maximum atomic E-state index is 13.6. The number of benzene rings is 3. The highest BCUT2D eigenvalue weighted by Crippen LogP contribution is 2.39. The van der Waals surface area contributed by atoms with Crippen molar-refractivity contribution >= 4 is 5.91 Å². The van der Waals surface area contributed by atoms with Crippen LogP contribution < -0.4 is 18.9 Å². The Morgan fingerprint density at radius 1 is 0.886 bits per heavy atom. The Bertz CT molecular complexity index is 1150. The van der Waals surface area contributed by atoms with Gasteiger partial charge in [-0.15, -0.1) is 0 Å². The Kier molecular flexibility index (Phi) is 7.49. The predicted octanol–water partition coefficient (Wildman–Crippen LogP) is 5.65. The molecule has 184 valence electrons. The SMILES string of the molecule is COc1ccc(C(=O)N2CCc3cc(OC)c(OC)cc3C2COc2ccc(C(C)C)cc2)cc1. The van der Waals surface area contributed by atoms with Crippen molar-refractivity contribution in [3.63, 3.8) is 0 Å². The van der Waals surface area contributed by atoms with Gasteiger partial charge in [-0.1, -0.05) is 26.0 Å². The molecule has 0 spiro atoms. The van der Waals surface area contributed by atoms with Gasteiger partial charge >= 0.3 is 0 Å². The minimum absolute atomic E-state index is 0.0446. The number of methoxy groups -OCH3 is 3. The lowest BCUT2D eigenvalue weighted by Crippen LogP contribution is -2.42. The molecule has 1 heterocycles. The van der Waals surface area contributed by atoms with Gasteiger partial charge in [-0.2, -0.15) is 0 Å². The van der Waals surface area contributed by atoms with Crippen LogP contribution in [0.1, 0.15) is 52.9 Å². The van der Waals surface area contributed by atoms with E-state index in [-0.39, 0.29) is 11.9 Å². The van der Waals surface area contributed by atoms with Crippen molar-refractivity contribution in [2.75, 3.05) is 34.5 Å². The molecule has 6 nitrogen and oxygen atoms in total. The number of hydrogen-bond donors (Lipinski definition) is 0. The molecule has 0 aliphatic carbocycles. The lowest BCUT2D eigenvalue weighted by atomic mass is 9.91. The zero-order chi connectivity index (χ0) is 24.9. The third kappa shape index (κ3) is 5.21. The smallest absolute Gasteiger partial charge is 0.254 e. The summed E-state index contributed by atoms with van der Waals surface area (Å²) in [6.45, 7) is 5.23. The number of rotatable bonds is 8. The molecule has 0 N–H and O–H groups in total. The van der Waals surface area contributed by atoms with Crippen LogP contribution in [0.25, 0.3) is 0 Å². The first-order valence-corrected chi connectivity index (χ1v) is 11.9. The van der Waals surface area contributed by atoms with Gasteiger partial charge in [0.15, 0.2) is 11.5 Å². The van der Waals surface area contributed by atoms with Crippen LogP contribution >= 0.6 is 0 Å². The van der Waals surface area contributed by atoms with Crippen molar-refractivity contribution in [3.05, 3.63) is 82.9 Å². The molecule has 0 radical (unpaired) electrons. The van der Waals surface area contributed by atoms with Crippen LogP contribution in [-0.2, 0) is 6.42 Å². The summed E-state index contributed by atoms with van der Waals surface area (Å²) in [5, 5.41) is 0. The summed E-state index contributed by atoms with van der Waals surface area (Å²) >= 11 is 0. The Morgan fingerprint density at radius 2 is 1.51 bits per heavy atom. The molecular formula is C29H33NO5. The van der Waals surface area contributed by atoms with Crippen molar-refractivity contribution in [1.29, 1.82) is 0 Å². The Labute approximate surface area is 207 Å². The topological polar surface area (TPSA) is 57.2 Å². The summed E-state index contributed by atoms with van der Waals surface area (Å²) in [6.07, 6.45) is 0.719. The molecule has 3 aromatic rings. The van der Waals surface area contributed by atoms with Gasteiger partial charge in [-0.3, -0.25) is 4.79 Å². The van der Waals surface area contributed by atoms with Crippen molar-refractivity contribution < 1.29 is 23.7 Å². The third-order valence-corrected chi connectivity index (χ3v) is 6.56. The summed E-state index contributed by atoms with van der Waals surface area (Å²) in [6, 6.07) is 19.1. The Hall–Kier alpha value is -3.67. The van der Waals surface area contributed by atoms with Crippen LogP contribution in [0.5, 0.6) is 23.0 Å². The summed E-state index contributed by atoms with van der Waals surface area (Å²) < 4.78 is 22.6. The molecule has 1 atom stereocenters. The Balaban J connectivity index is 1.66. The first kappa shape index (κ1) is 24.5. The van der Waals surface area contributed by atoms with E-state index in [9.17, 15) is 4.79 Å². The molecule has 0 aromatic heterocycles. The molecular weight excluding hydrogens is 442 g/mol. The van der Waals surface area contributed by atoms with E-state index in [1.165, 1.54) is 5.56 Å². The zero-order valence-corrected chi connectivity index (χ0v) is 21.0. The van der Waals surface area contributed by atoms with Gasteiger partial charge in [0.25, 0.3) is 5.91 Å². The molecule has 4 rings (SSSR count). The molecule has 1 amide bonds. The third-order valence-electron chi connectivity index (χ3n) is 6.56. The molecule has 3 aromatic carbocycles. The van der Waals surface area contributed by atoms with Crippen molar-refractivity contribution in [1.82, 2.24) is 4.90 Å². The first-order chi connectivity index (χ1) is 16.9. The van der Waals surface area contributed by atoms with E-state index < -0.39 is 0 Å². The largest absolute Gasteiger partial charge is 0.497 e. The van der Waals surface area contributed by atoms with Crippen LogP contribution in [-0.4, -0.2) is 45.3 Å². The standard InChI is InChI=1S/C29H33NO5/c1-19(2)20-6-12-24(13-7-20)35-18-26-25-17-28(34-5)27(33-4)16-22(25)14-15-30(26)29(31)21-8-10-23(32-3)11-9-21/h6-13,16-17,19,26H,14-15,18H2,1-5H3. The number of carbonyl (C=O) groups is 1. The number of carbonyl (C=O) groups excluding carboxylic acids is 1. The van der Waals surface area contributed by atoms with Crippen LogP contribution in [0.2, 0.25) is 0 Å². The van der Waals surface area contributed by atoms with Crippen LogP contribution in [0.4, 0.5) is 0 Å². The van der Waals surface area contributed by atoms with Crippen molar-refractivity contribution in [3.8, 4) is 23.0 Å². The van der Waals surface area contributed by atoms with Crippen LogP contribution in [0, 0.1) is 0 Å². The normalized spacial score (nSPS) is 14.9. The predicted molar refractivity (Wildman–Crippen MR) is 136 cm³/mol. The molecule has 0 fully saturated rings. The molecule has 0 saturated heterocycles. The van der Waals surface area contributed by atoms with Crippen molar-refractivity contribution in [2.45, 2.75) is 32.2 Å². The molecule has 1 aliphatic heterocycles. The average Bonchev–Trinajstić information content (AvgIpc) is 2.90. The number of nitrogens with zero attached hydrogens (tertiary/aromatic N) is 1. The van der Waals surface area contributed by atoms with E-state index in [1.54, 1.807) is 45.6 Å². The fourth-order valence-corrected chi connectivity index (χ4v) is 4.47. The molecule has 0 saturated carbocycles. The number of amides is 1. The van der Waals surface area contributed by atoms with Gasteiger partial charge in [0.2, 0.25) is 0 Å². The monoisotopic (exact) mass is 475 g/mol. The van der Waals surface area contributed by atoms with E-state index in [2.05, 4.69) is 26.0 Å². The van der Waals surface area contributed by atoms with Gasteiger partial charge in [-0.25, -0.2) is 0 Å². The van der Waals surface area contributed by atoms with Gasteiger partial charge < -0.3 is 23.8 Å². The number of hydrogen-bond acceptors (Lipinski definition) is 5. The average molecular weight is 476 g/mol.